The van der Waals surface area contributed by atoms with Crippen molar-refractivity contribution in [2.24, 2.45) is 11.7 Å². The van der Waals surface area contributed by atoms with Crippen LogP contribution in [0, 0.1) is 19.8 Å². The molecule has 0 radical (unpaired) electrons. The first kappa shape index (κ1) is 14.5. The third kappa shape index (κ3) is 2.83. The van der Waals surface area contributed by atoms with Crippen molar-refractivity contribution in [3.63, 3.8) is 0 Å². The van der Waals surface area contributed by atoms with Crippen molar-refractivity contribution in [1.82, 2.24) is 4.31 Å². The Morgan fingerprint density at radius 2 is 2.05 bits per heavy atom. The summed E-state index contributed by atoms with van der Waals surface area (Å²) in [6.07, 6.45) is 0.849. The Kier molecular flexibility index (Phi) is 3.99. The Morgan fingerprint density at radius 3 is 2.63 bits per heavy atom. The van der Waals surface area contributed by atoms with Crippen LogP contribution >= 0.6 is 0 Å². The first-order valence-electron chi connectivity index (χ1n) is 6.65. The van der Waals surface area contributed by atoms with Gasteiger partial charge in [0, 0.05) is 19.1 Å². The van der Waals surface area contributed by atoms with Gasteiger partial charge in [-0.3, -0.25) is 0 Å². The molecule has 106 valence electrons. The monoisotopic (exact) mass is 282 g/mol. The second kappa shape index (κ2) is 5.23. The minimum atomic E-state index is -3.38. The normalized spacial score (nSPS) is 22.6. The second-order valence-corrected chi connectivity index (χ2v) is 7.45. The lowest BCUT2D eigenvalue weighted by atomic mass is 10.0. The van der Waals surface area contributed by atoms with E-state index in [4.69, 9.17) is 5.73 Å². The van der Waals surface area contributed by atoms with E-state index in [1.54, 1.807) is 10.4 Å². The van der Waals surface area contributed by atoms with E-state index in [2.05, 4.69) is 0 Å². The summed E-state index contributed by atoms with van der Waals surface area (Å²) in [5, 5.41) is 0. The van der Waals surface area contributed by atoms with Crippen molar-refractivity contribution in [1.29, 1.82) is 0 Å². The molecular formula is C14H22N2O2S. The number of aryl methyl sites for hydroxylation is 2. The average molecular weight is 282 g/mol. The summed E-state index contributed by atoms with van der Waals surface area (Å²) in [6.45, 7) is 6.80. The van der Waals surface area contributed by atoms with Gasteiger partial charge in [-0.2, -0.15) is 4.31 Å². The lowest BCUT2D eigenvalue weighted by molar-refractivity contribution is 0.428. The van der Waals surface area contributed by atoms with E-state index >= 15 is 0 Å². The highest BCUT2D eigenvalue weighted by Gasteiger charge is 2.34. The summed E-state index contributed by atoms with van der Waals surface area (Å²) < 4.78 is 26.9. The minimum Gasteiger partial charge on any atom is -0.328 e. The van der Waals surface area contributed by atoms with Crippen molar-refractivity contribution < 1.29 is 8.42 Å². The van der Waals surface area contributed by atoms with Crippen LogP contribution in [-0.2, 0) is 10.0 Å². The zero-order valence-electron chi connectivity index (χ0n) is 11.8. The molecule has 2 atom stereocenters. The highest BCUT2D eigenvalue weighted by atomic mass is 32.2. The Hall–Kier alpha value is -0.910. The quantitative estimate of drug-likeness (QED) is 0.917. The molecule has 0 spiro atoms. The summed E-state index contributed by atoms with van der Waals surface area (Å²) >= 11 is 0. The van der Waals surface area contributed by atoms with Gasteiger partial charge in [-0.15, -0.1) is 0 Å². The standard InChI is InChI=1S/C14H22N2O2S/c1-10-4-5-11(2)14(8-10)19(17,18)16-7-6-13(9-16)12(3)15/h4-5,8,12-13H,6-7,9,15H2,1-3H3. The molecule has 1 fully saturated rings. The van der Waals surface area contributed by atoms with Gasteiger partial charge in [-0.25, -0.2) is 8.42 Å². The van der Waals surface area contributed by atoms with E-state index in [1.807, 2.05) is 32.9 Å². The van der Waals surface area contributed by atoms with Gasteiger partial charge in [0.05, 0.1) is 4.90 Å². The number of nitrogens with two attached hydrogens (primary N) is 1. The maximum atomic E-state index is 12.7. The predicted octanol–water partition coefficient (Wildman–Crippen LogP) is 1.66. The molecule has 1 heterocycles. The number of hydrogen-bond donors (Lipinski definition) is 1. The molecule has 1 aliphatic heterocycles. The van der Waals surface area contributed by atoms with E-state index in [1.165, 1.54) is 0 Å². The van der Waals surface area contributed by atoms with Gasteiger partial charge in [0.15, 0.2) is 0 Å². The fourth-order valence-electron chi connectivity index (χ4n) is 2.53. The molecular weight excluding hydrogens is 260 g/mol. The molecule has 0 bridgehead atoms. The number of benzene rings is 1. The molecule has 4 nitrogen and oxygen atoms in total. The van der Waals surface area contributed by atoms with Crippen molar-refractivity contribution >= 4 is 10.0 Å². The molecule has 19 heavy (non-hydrogen) atoms. The number of nitrogens with zero attached hydrogens (tertiary/aromatic N) is 1. The Morgan fingerprint density at radius 1 is 1.37 bits per heavy atom. The van der Waals surface area contributed by atoms with Crippen LogP contribution in [0.15, 0.2) is 23.1 Å². The van der Waals surface area contributed by atoms with Gasteiger partial charge in [0.1, 0.15) is 0 Å². The van der Waals surface area contributed by atoms with Crippen LogP contribution in [0.5, 0.6) is 0 Å². The van der Waals surface area contributed by atoms with Crippen LogP contribution in [0.2, 0.25) is 0 Å². The molecule has 0 saturated carbocycles. The fraction of sp³-hybridized carbons (Fsp3) is 0.571. The largest absolute Gasteiger partial charge is 0.328 e. The smallest absolute Gasteiger partial charge is 0.243 e. The van der Waals surface area contributed by atoms with Crippen molar-refractivity contribution in [2.45, 2.75) is 38.1 Å². The van der Waals surface area contributed by atoms with Crippen molar-refractivity contribution in [2.75, 3.05) is 13.1 Å². The molecule has 0 aromatic heterocycles. The third-order valence-corrected chi connectivity index (χ3v) is 5.90. The highest BCUT2D eigenvalue weighted by molar-refractivity contribution is 7.89. The lowest BCUT2D eigenvalue weighted by Crippen LogP contribution is -2.33. The molecule has 2 N–H and O–H groups in total. The van der Waals surface area contributed by atoms with Crippen LogP contribution in [-0.4, -0.2) is 31.9 Å². The molecule has 1 saturated heterocycles. The van der Waals surface area contributed by atoms with Crippen molar-refractivity contribution in [3.05, 3.63) is 29.3 Å². The van der Waals surface area contributed by atoms with E-state index in [0.29, 0.717) is 18.0 Å². The van der Waals surface area contributed by atoms with Crippen LogP contribution in [0.3, 0.4) is 0 Å². The Bertz CT molecular complexity index is 567. The van der Waals surface area contributed by atoms with Gasteiger partial charge >= 0.3 is 0 Å². The zero-order chi connectivity index (χ0) is 14.2. The first-order chi connectivity index (χ1) is 8.82. The Balaban J connectivity index is 2.31. The summed E-state index contributed by atoms with van der Waals surface area (Å²) in [4.78, 5) is 0.429. The predicted molar refractivity (Wildman–Crippen MR) is 76.4 cm³/mol. The van der Waals surface area contributed by atoms with Gasteiger partial charge in [0.2, 0.25) is 10.0 Å². The maximum Gasteiger partial charge on any atom is 0.243 e. The van der Waals surface area contributed by atoms with Gasteiger partial charge in [0.25, 0.3) is 0 Å². The third-order valence-electron chi connectivity index (χ3n) is 3.89. The Labute approximate surface area is 115 Å². The van der Waals surface area contributed by atoms with Crippen LogP contribution < -0.4 is 5.73 Å². The summed E-state index contributed by atoms with van der Waals surface area (Å²) in [6, 6.07) is 5.59. The zero-order valence-corrected chi connectivity index (χ0v) is 12.6. The maximum absolute atomic E-state index is 12.7. The number of sulfonamides is 1. The van der Waals surface area contributed by atoms with E-state index in [0.717, 1.165) is 17.5 Å². The van der Waals surface area contributed by atoms with Gasteiger partial charge in [-0.1, -0.05) is 12.1 Å². The lowest BCUT2D eigenvalue weighted by Gasteiger charge is -2.19. The molecule has 1 aromatic carbocycles. The molecule has 1 aliphatic rings. The molecule has 2 rings (SSSR count). The van der Waals surface area contributed by atoms with Crippen molar-refractivity contribution in [3.8, 4) is 0 Å². The second-order valence-electron chi connectivity index (χ2n) is 5.54. The van der Waals surface area contributed by atoms with E-state index in [-0.39, 0.29) is 12.0 Å². The molecule has 1 aromatic rings. The van der Waals surface area contributed by atoms with E-state index < -0.39 is 10.0 Å². The molecule has 2 unspecified atom stereocenters. The number of hydrogen-bond acceptors (Lipinski definition) is 3. The highest BCUT2D eigenvalue weighted by Crippen LogP contribution is 2.27. The number of rotatable bonds is 3. The van der Waals surface area contributed by atoms with E-state index in [9.17, 15) is 8.42 Å². The summed E-state index contributed by atoms with van der Waals surface area (Å²) in [5.41, 5.74) is 7.64. The molecule has 0 aliphatic carbocycles. The van der Waals surface area contributed by atoms with Crippen LogP contribution in [0.4, 0.5) is 0 Å². The summed E-state index contributed by atoms with van der Waals surface area (Å²) in [5.74, 6) is 0.264. The fourth-order valence-corrected chi connectivity index (χ4v) is 4.35. The molecule has 5 heteroatoms. The van der Waals surface area contributed by atoms with Gasteiger partial charge < -0.3 is 5.73 Å². The summed E-state index contributed by atoms with van der Waals surface area (Å²) in [7, 11) is -3.38. The topological polar surface area (TPSA) is 63.4 Å². The first-order valence-corrected chi connectivity index (χ1v) is 8.09. The molecule has 0 amide bonds. The SMILES string of the molecule is Cc1ccc(C)c(S(=O)(=O)N2CCC(C(C)N)C2)c1. The minimum absolute atomic E-state index is 0.0406. The van der Waals surface area contributed by atoms with Gasteiger partial charge in [-0.05, 0) is 50.3 Å². The van der Waals surface area contributed by atoms with Crippen LogP contribution in [0.25, 0.3) is 0 Å². The average Bonchev–Trinajstić information content (AvgIpc) is 2.82. The van der Waals surface area contributed by atoms with Crippen LogP contribution in [0.1, 0.15) is 24.5 Å².